The molecule has 128 valence electrons. The number of fused-ring (bicyclic) bond motifs is 1. The minimum absolute atomic E-state index is 0.174. The molecule has 5 heteroatoms. The summed E-state index contributed by atoms with van der Waals surface area (Å²) in [5.41, 5.74) is 9.72. The molecular weight excluding hydrogens is 342 g/mol. The van der Waals surface area contributed by atoms with Crippen LogP contribution in [0.25, 0.3) is 10.1 Å². The second-order valence-electron chi connectivity index (χ2n) is 6.03. The minimum Gasteiger partial charge on any atom is -0.383 e. The number of hydrogen-bond acceptors (Lipinski definition) is 4. The van der Waals surface area contributed by atoms with Crippen LogP contribution in [0.15, 0.2) is 72.2 Å². The summed E-state index contributed by atoms with van der Waals surface area (Å²) in [6, 6.07) is 20.1. The van der Waals surface area contributed by atoms with Crippen LogP contribution in [0.2, 0.25) is 0 Å². The van der Waals surface area contributed by atoms with Crippen molar-refractivity contribution in [1.82, 2.24) is 4.98 Å². The third kappa shape index (κ3) is 3.30. The second kappa shape index (κ2) is 6.98. The van der Waals surface area contributed by atoms with E-state index in [9.17, 15) is 4.79 Å². The molecule has 2 aromatic heterocycles. The fourth-order valence-electron chi connectivity index (χ4n) is 2.91. The first-order chi connectivity index (χ1) is 12.7. The lowest BCUT2D eigenvalue weighted by molar-refractivity contribution is 0.102. The maximum absolute atomic E-state index is 12.6. The summed E-state index contributed by atoms with van der Waals surface area (Å²) in [7, 11) is 0. The zero-order chi connectivity index (χ0) is 17.9. The number of amides is 1. The highest BCUT2D eigenvalue weighted by molar-refractivity contribution is 7.17. The van der Waals surface area contributed by atoms with E-state index in [1.807, 2.05) is 53.9 Å². The zero-order valence-corrected chi connectivity index (χ0v) is 14.8. The number of nitrogens with one attached hydrogen (secondary N) is 1. The molecule has 4 aromatic rings. The Labute approximate surface area is 155 Å². The molecule has 26 heavy (non-hydrogen) atoms. The van der Waals surface area contributed by atoms with Crippen LogP contribution in [-0.2, 0) is 6.42 Å². The van der Waals surface area contributed by atoms with Crippen molar-refractivity contribution in [3.63, 3.8) is 0 Å². The van der Waals surface area contributed by atoms with Crippen molar-refractivity contribution in [2.24, 2.45) is 0 Å². The van der Waals surface area contributed by atoms with Gasteiger partial charge in [-0.2, -0.15) is 0 Å². The molecule has 0 radical (unpaired) electrons. The van der Waals surface area contributed by atoms with Crippen molar-refractivity contribution in [1.29, 1.82) is 0 Å². The Hall–Kier alpha value is -3.18. The molecule has 0 fully saturated rings. The van der Waals surface area contributed by atoms with E-state index in [0.29, 0.717) is 11.4 Å². The fourth-order valence-corrected chi connectivity index (χ4v) is 3.85. The number of carbonyl (C=O) groups excluding carboxylic acids is 1. The normalized spacial score (nSPS) is 10.8. The van der Waals surface area contributed by atoms with Gasteiger partial charge in [-0.15, -0.1) is 11.3 Å². The maximum Gasteiger partial charge on any atom is 0.257 e. The van der Waals surface area contributed by atoms with E-state index >= 15 is 0 Å². The molecule has 0 aliphatic carbocycles. The Balaban J connectivity index is 1.51. The van der Waals surface area contributed by atoms with E-state index in [0.717, 1.165) is 22.2 Å². The number of benzene rings is 2. The van der Waals surface area contributed by atoms with E-state index in [1.165, 1.54) is 22.5 Å². The number of hydrogen-bond donors (Lipinski definition) is 2. The molecular formula is C21H17N3OS. The summed E-state index contributed by atoms with van der Waals surface area (Å²) in [5, 5.41) is 5.48. The molecule has 3 N–H and O–H groups in total. The Bertz CT molecular complexity index is 1060. The van der Waals surface area contributed by atoms with Crippen LogP contribution in [0.1, 0.15) is 21.5 Å². The number of carbonyl (C=O) groups is 1. The minimum atomic E-state index is -0.174. The van der Waals surface area contributed by atoms with Crippen LogP contribution in [0, 0.1) is 0 Å². The molecule has 0 aliphatic heterocycles. The largest absolute Gasteiger partial charge is 0.383 e. The molecule has 0 atom stereocenters. The Morgan fingerprint density at radius 2 is 1.73 bits per heavy atom. The number of nitrogen functional groups attached to an aromatic ring is 1. The number of rotatable bonds is 4. The van der Waals surface area contributed by atoms with Crippen LogP contribution in [0.5, 0.6) is 0 Å². The molecule has 1 amide bonds. The monoisotopic (exact) mass is 359 g/mol. The smallest absolute Gasteiger partial charge is 0.257 e. The highest BCUT2D eigenvalue weighted by Crippen LogP contribution is 2.29. The van der Waals surface area contributed by atoms with E-state index in [4.69, 9.17) is 5.73 Å². The molecule has 0 saturated carbocycles. The Morgan fingerprint density at radius 1 is 1.00 bits per heavy atom. The quantitative estimate of drug-likeness (QED) is 0.554. The molecule has 2 heterocycles. The summed E-state index contributed by atoms with van der Waals surface area (Å²) in [5.74, 6) is 0.207. The van der Waals surface area contributed by atoms with Crippen LogP contribution in [-0.4, -0.2) is 10.9 Å². The zero-order valence-electron chi connectivity index (χ0n) is 14.0. The summed E-state index contributed by atoms with van der Waals surface area (Å²) in [6.07, 6.45) is 2.52. The highest BCUT2D eigenvalue weighted by Gasteiger charge is 2.15. The second-order valence-corrected chi connectivity index (χ2v) is 6.94. The lowest BCUT2D eigenvalue weighted by Gasteiger charge is -2.07. The average Bonchev–Trinajstić information content (AvgIpc) is 3.10. The van der Waals surface area contributed by atoms with Crippen molar-refractivity contribution >= 4 is 38.8 Å². The molecule has 4 nitrogen and oxygen atoms in total. The van der Waals surface area contributed by atoms with Gasteiger partial charge in [-0.05, 0) is 35.7 Å². The molecule has 0 spiro atoms. The lowest BCUT2D eigenvalue weighted by atomic mass is 10.0. The SMILES string of the molecule is Nc1nccc2scc(C(=O)Nc3ccc(Cc4ccccc4)cc3)c12. The molecule has 0 aliphatic rings. The van der Waals surface area contributed by atoms with Gasteiger partial charge in [-0.1, -0.05) is 42.5 Å². The van der Waals surface area contributed by atoms with Crippen molar-refractivity contribution in [3.05, 3.63) is 88.9 Å². The topological polar surface area (TPSA) is 68.0 Å². The van der Waals surface area contributed by atoms with Crippen LogP contribution in [0.3, 0.4) is 0 Å². The van der Waals surface area contributed by atoms with Gasteiger partial charge in [0, 0.05) is 27.4 Å². The van der Waals surface area contributed by atoms with Gasteiger partial charge in [0.2, 0.25) is 0 Å². The summed E-state index contributed by atoms with van der Waals surface area (Å²) >= 11 is 1.49. The molecule has 0 unspecified atom stereocenters. The number of nitrogens with two attached hydrogens (primary N) is 1. The van der Waals surface area contributed by atoms with Gasteiger partial charge >= 0.3 is 0 Å². The predicted octanol–water partition coefficient (Wildman–Crippen LogP) is 4.72. The van der Waals surface area contributed by atoms with Gasteiger partial charge in [0.25, 0.3) is 5.91 Å². The maximum atomic E-state index is 12.6. The third-order valence-corrected chi connectivity index (χ3v) is 5.17. The van der Waals surface area contributed by atoms with E-state index in [2.05, 4.69) is 22.4 Å². The van der Waals surface area contributed by atoms with E-state index in [-0.39, 0.29) is 5.91 Å². The van der Waals surface area contributed by atoms with Crippen molar-refractivity contribution < 1.29 is 4.79 Å². The van der Waals surface area contributed by atoms with Crippen LogP contribution in [0.4, 0.5) is 11.5 Å². The van der Waals surface area contributed by atoms with Gasteiger partial charge in [-0.25, -0.2) is 4.98 Å². The van der Waals surface area contributed by atoms with Gasteiger partial charge in [0.1, 0.15) is 5.82 Å². The van der Waals surface area contributed by atoms with Gasteiger partial charge in [0.05, 0.1) is 5.56 Å². The molecule has 2 aromatic carbocycles. The first kappa shape index (κ1) is 16.3. The summed E-state index contributed by atoms with van der Waals surface area (Å²) in [4.78, 5) is 16.7. The van der Waals surface area contributed by atoms with Gasteiger partial charge < -0.3 is 11.1 Å². The van der Waals surface area contributed by atoms with Gasteiger partial charge in [0.15, 0.2) is 0 Å². The fraction of sp³-hybridized carbons (Fsp3) is 0.0476. The Morgan fingerprint density at radius 3 is 2.50 bits per heavy atom. The third-order valence-electron chi connectivity index (χ3n) is 4.22. The first-order valence-corrected chi connectivity index (χ1v) is 9.14. The lowest BCUT2D eigenvalue weighted by Crippen LogP contribution is -2.11. The summed E-state index contributed by atoms with van der Waals surface area (Å²) < 4.78 is 0.959. The average molecular weight is 359 g/mol. The predicted molar refractivity (Wildman–Crippen MR) is 108 cm³/mol. The van der Waals surface area contributed by atoms with E-state index in [1.54, 1.807) is 6.20 Å². The van der Waals surface area contributed by atoms with Crippen molar-refractivity contribution in [3.8, 4) is 0 Å². The number of thiophene rings is 1. The standard InChI is InChI=1S/C21H17N3OS/c22-20-19-17(13-26-18(19)10-11-23-20)21(25)24-16-8-6-15(7-9-16)12-14-4-2-1-3-5-14/h1-11,13H,12H2,(H2,22,23)(H,24,25). The highest BCUT2D eigenvalue weighted by atomic mass is 32.1. The number of anilines is 2. The molecule has 4 rings (SSSR count). The van der Waals surface area contributed by atoms with Crippen LogP contribution < -0.4 is 11.1 Å². The first-order valence-electron chi connectivity index (χ1n) is 8.26. The van der Waals surface area contributed by atoms with Crippen LogP contribution >= 0.6 is 11.3 Å². The number of nitrogens with zero attached hydrogens (tertiary/aromatic N) is 1. The number of pyridine rings is 1. The van der Waals surface area contributed by atoms with E-state index < -0.39 is 0 Å². The number of aromatic nitrogens is 1. The van der Waals surface area contributed by atoms with Crippen molar-refractivity contribution in [2.75, 3.05) is 11.1 Å². The Kier molecular flexibility index (Phi) is 4.37. The summed E-state index contributed by atoms with van der Waals surface area (Å²) in [6.45, 7) is 0. The molecule has 0 saturated heterocycles. The van der Waals surface area contributed by atoms with Crippen molar-refractivity contribution in [2.45, 2.75) is 6.42 Å². The molecule has 0 bridgehead atoms. The van der Waals surface area contributed by atoms with Gasteiger partial charge in [-0.3, -0.25) is 4.79 Å².